The van der Waals surface area contributed by atoms with Gasteiger partial charge in [0.15, 0.2) is 0 Å². The van der Waals surface area contributed by atoms with Gasteiger partial charge in [0, 0.05) is 33.9 Å². The van der Waals surface area contributed by atoms with Crippen molar-refractivity contribution in [3.63, 3.8) is 0 Å². The molecule has 2 N–H and O–H groups in total. The molecule has 0 heterocycles. The molecule has 0 radical (unpaired) electrons. The van der Waals surface area contributed by atoms with Gasteiger partial charge in [0.05, 0.1) is 4.90 Å². The van der Waals surface area contributed by atoms with Crippen molar-refractivity contribution >= 4 is 10.0 Å². The highest BCUT2D eigenvalue weighted by Gasteiger charge is 2.22. The van der Waals surface area contributed by atoms with E-state index in [1.54, 1.807) is 33.2 Å². The molecule has 19 heavy (non-hydrogen) atoms. The highest BCUT2D eigenvalue weighted by molar-refractivity contribution is 7.89. The molecule has 0 aliphatic heterocycles. The van der Waals surface area contributed by atoms with Crippen LogP contribution in [0.1, 0.15) is 17.5 Å². The summed E-state index contributed by atoms with van der Waals surface area (Å²) in [5, 5.41) is 0. The zero-order valence-corrected chi connectivity index (χ0v) is 12.5. The quantitative estimate of drug-likeness (QED) is 0.762. The van der Waals surface area contributed by atoms with Crippen LogP contribution in [0.5, 0.6) is 0 Å². The number of benzene rings is 1. The zero-order valence-electron chi connectivity index (χ0n) is 11.7. The number of nitrogens with zero attached hydrogens (tertiary/aromatic N) is 1. The summed E-state index contributed by atoms with van der Waals surface area (Å²) in [5.74, 6) is 0. The average Bonchev–Trinajstić information content (AvgIpc) is 2.38. The van der Waals surface area contributed by atoms with Gasteiger partial charge < -0.3 is 10.5 Å². The Morgan fingerprint density at radius 1 is 1.37 bits per heavy atom. The van der Waals surface area contributed by atoms with Crippen molar-refractivity contribution in [1.29, 1.82) is 0 Å². The minimum absolute atomic E-state index is 0.338. The second-order valence-corrected chi connectivity index (χ2v) is 6.49. The first-order valence-corrected chi connectivity index (χ1v) is 7.62. The minimum Gasteiger partial charge on any atom is -0.385 e. The molecule has 0 bridgehead atoms. The molecule has 6 heteroatoms. The largest absolute Gasteiger partial charge is 0.385 e. The van der Waals surface area contributed by atoms with Crippen LogP contribution in [0, 0.1) is 6.92 Å². The van der Waals surface area contributed by atoms with Crippen LogP contribution in [-0.4, -0.2) is 40.0 Å². The van der Waals surface area contributed by atoms with Gasteiger partial charge in [0.2, 0.25) is 10.0 Å². The number of methoxy groups -OCH3 is 1. The van der Waals surface area contributed by atoms with Crippen LogP contribution in [0.25, 0.3) is 0 Å². The van der Waals surface area contributed by atoms with E-state index in [4.69, 9.17) is 10.5 Å². The maximum atomic E-state index is 12.4. The Kier molecular flexibility index (Phi) is 5.93. The Hall–Kier alpha value is -0.950. The number of sulfonamides is 1. The lowest BCUT2D eigenvalue weighted by Gasteiger charge is -2.18. The normalized spacial score (nSPS) is 12.1. The number of aryl methyl sites for hydroxylation is 1. The zero-order chi connectivity index (χ0) is 14.5. The monoisotopic (exact) mass is 286 g/mol. The Labute approximate surface area is 115 Å². The number of nitrogens with two attached hydrogens (primary N) is 1. The van der Waals surface area contributed by atoms with Crippen LogP contribution >= 0.6 is 0 Å². The van der Waals surface area contributed by atoms with Crippen LogP contribution < -0.4 is 5.73 Å². The van der Waals surface area contributed by atoms with Gasteiger partial charge >= 0.3 is 0 Å². The van der Waals surface area contributed by atoms with E-state index < -0.39 is 10.0 Å². The summed E-state index contributed by atoms with van der Waals surface area (Å²) in [4.78, 5) is 0.338. The summed E-state index contributed by atoms with van der Waals surface area (Å²) in [5.41, 5.74) is 7.20. The van der Waals surface area contributed by atoms with Crippen LogP contribution in [0.15, 0.2) is 23.1 Å². The third kappa shape index (κ3) is 4.01. The average molecular weight is 286 g/mol. The molecule has 1 aromatic rings. The van der Waals surface area contributed by atoms with Gasteiger partial charge in [-0.2, -0.15) is 0 Å². The van der Waals surface area contributed by atoms with Crippen molar-refractivity contribution in [3.05, 3.63) is 29.3 Å². The Bertz CT molecular complexity index is 515. The number of ether oxygens (including phenoxy) is 1. The SMILES string of the molecule is COCCCN(C)S(=O)(=O)c1ccc(CN)cc1C. The molecule has 0 unspecified atom stereocenters. The third-order valence-electron chi connectivity index (χ3n) is 2.98. The molecule has 5 nitrogen and oxygen atoms in total. The van der Waals surface area contributed by atoms with Gasteiger partial charge in [0.1, 0.15) is 0 Å². The molecular weight excluding hydrogens is 264 g/mol. The van der Waals surface area contributed by atoms with Crippen LogP contribution in [-0.2, 0) is 21.3 Å². The van der Waals surface area contributed by atoms with E-state index in [2.05, 4.69) is 0 Å². The van der Waals surface area contributed by atoms with Gasteiger partial charge in [-0.15, -0.1) is 0 Å². The lowest BCUT2D eigenvalue weighted by atomic mass is 10.1. The fourth-order valence-corrected chi connectivity index (χ4v) is 3.26. The smallest absolute Gasteiger partial charge is 0.243 e. The molecular formula is C13H22N2O3S. The molecule has 0 aromatic heterocycles. The summed E-state index contributed by atoms with van der Waals surface area (Å²) in [6, 6.07) is 5.19. The summed E-state index contributed by atoms with van der Waals surface area (Å²) >= 11 is 0. The first-order valence-electron chi connectivity index (χ1n) is 6.18. The Morgan fingerprint density at radius 3 is 2.58 bits per heavy atom. The fraction of sp³-hybridized carbons (Fsp3) is 0.538. The molecule has 108 valence electrons. The van der Waals surface area contributed by atoms with Gasteiger partial charge in [-0.25, -0.2) is 12.7 Å². The first-order chi connectivity index (χ1) is 8.93. The Morgan fingerprint density at radius 2 is 2.05 bits per heavy atom. The van der Waals surface area contributed by atoms with Gasteiger partial charge in [-0.1, -0.05) is 12.1 Å². The van der Waals surface area contributed by atoms with E-state index in [0.717, 1.165) is 11.1 Å². The summed E-state index contributed by atoms with van der Waals surface area (Å²) in [6.07, 6.45) is 0.673. The number of hydrogen-bond donors (Lipinski definition) is 1. The van der Waals surface area contributed by atoms with E-state index in [1.165, 1.54) is 4.31 Å². The van der Waals surface area contributed by atoms with E-state index in [0.29, 0.717) is 31.0 Å². The van der Waals surface area contributed by atoms with E-state index in [-0.39, 0.29) is 0 Å². The summed E-state index contributed by atoms with van der Waals surface area (Å²) < 4.78 is 31.1. The summed E-state index contributed by atoms with van der Waals surface area (Å²) in [7, 11) is -0.252. The number of rotatable bonds is 7. The standard InChI is InChI=1S/C13H22N2O3S/c1-11-9-12(10-14)5-6-13(11)19(16,17)15(2)7-4-8-18-3/h5-6,9H,4,7-8,10,14H2,1-3H3. The first kappa shape index (κ1) is 16.1. The molecule has 0 amide bonds. The predicted molar refractivity (Wildman–Crippen MR) is 75.4 cm³/mol. The van der Waals surface area contributed by atoms with Crippen molar-refractivity contribution in [3.8, 4) is 0 Å². The van der Waals surface area contributed by atoms with Gasteiger partial charge in [-0.05, 0) is 30.5 Å². The molecule has 0 saturated carbocycles. The molecule has 1 aromatic carbocycles. The maximum Gasteiger partial charge on any atom is 0.243 e. The minimum atomic E-state index is -3.44. The van der Waals surface area contributed by atoms with Crippen LogP contribution in [0.3, 0.4) is 0 Å². The maximum absolute atomic E-state index is 12.4. The highest BCUT2D eigenvalue weighted by Crippen LogP contribution is 2.20. The van der Waals surface area contributed by atoms with E-state index >= 15 is 0 Å². The highest BCUT2D eigenvalue weighted by atomic mass is 32.2. The molecule has 0 aliphatic rings. The lowest BCUT2D eigenvalue weighted by molar-refractivity contribution is 0.189. The molecule has 0 aliphatic carbocycles. The molecule has 0 spiro atoms. The van der Waals surface area contributed by atoms with Crippen LogP contribution in [0.2, 0.25) is 0 Å². The van der Waals surface area contributed by atoms with Crippen molar-refractivity contribution in [2.75, 3.05) is 27.3 Å². The predicted octanol–water partition coefficient (Wildman–Crippen LogP) is 1.11. The van der Waals surface area contributed by atoms with Crippen molar-refractivity contribution in [2.24, 2.45) is 5.73 Å². The molecule has 0 atom stereocenters. The van der Waals surface area contributed by atoms with Crippen molar-refractivity contribution in [1.82, 2.24) is 4.31 Å². The third-order valence-corrected chi connectivity index (χ3v) is 5.00. The van der Waals surface area contributed by atoms with Crippen molar-refractivity contribution < 1.29 is 13.2 Å². The molecule has 0 saturated heterocycles. The molecule has 0 fully saturated rings. The van der Waals surface area contributed by atoms with Gasteiger partial charge in [-0.3, -0.25) is 0 Å². The molecule has 1 rings (SSSR count). The summed E-state index contributed by atoms with van der Waals surface area (Å²) in [6.45, 7) is 3.18. The second kappa shape index (κ2) is 7.00. The van der Waals surface area contributed by atoms with Crippen LogP contribution in [0.4, 0.5) is 0 Å². The number of hydrogen-bond acceptors (Lipinski definition) is 4. The topological polar surface area (TPSA) is 72.6 Å². The lowest BCUT2D eigenvalue weighted by Crippen LogP contribution is -2.29. The fourth-order valence-electron chi connectivity index (χ4n) is 1.85. The van der Waals surface area contributed by atoms with E-state index in [9.17, 15) is 8.42 Å². The Balaban J connectivity index is 2.93. The van der Waals surface area contributed by atoms with Crippen molar-refractivity contribution in [2.45, 2.75) is 24.8 Å². The second-order valence-electron chi connectivity index (χ2n) is 4.48. The van der Waals surface area contributed by atoms with Gasteiger partial charge in [0.25, 0.3) is 0 Å². The van der Waals surface area contributed by atoms with E-state index in [1.807, 2.05) is 6.07 Å².